The standard InChI is InChI=1S/C13H18Cl2/c1-13(2,3)9-12(15)8-10-5-4-6-11(14)7-10/h4-7,12H,8-9H2,1-3H3. The van der Waals surface area contributed by atoms with Gasteiger partial charge < -0.3 is 0 Å². The van der Waals surface area contributed by atoms with Crippen LogP contribution in [0.25, 0.3) is 0 Å². The van der Waals surface area contributed by atoms with Gasteiger partial charge in [0.15, 0.2) is 0 Å². The van der Waals surface area contributed by atoms with Crippen molar-refractivity contribution >= 4 is 23.2 Å². The molecule has 1 aromatic rings. The van der Waals surface area contributed by atoms with Crippen molar-refractivity contribution in [3.8, 4) is 0 Å². The van der Waals surface area contributed by atoms with Crippen LogP contribution in [0.15, 0.2) is 24.3 Å². The Kier molecular flexibility index (Phi) is 4.48. The lowest BCUT2D eigenvalue weighted by Crippen LogP contribution is -2.15. The summed E-state index contributed by atoms with van der Waals surface area (Å²) in [5, 5.41) is 0.968. The molecule has 0 aromatic heterocycles. The summed E-state index contributed by atoms with van der Waals surface area (Å²) in [4.78, 5) is 0. The number of hydrogen-bond acceptors (Lipinski definition) is 0. The topological polar surface area (TPSA) is 0 Å². The smallest absolute Gasteiger partial charge is 0.0408 e. The molecule has 0 nitrogen and oxygen atoms in total. The molecule has 0 fully saturated rings. The van der Waals surface area contributed by atoms with E-state index in [4.69, 9.17) is 23.2 Å². The third-order valence-corrected chi connectivity index (χ3v) is 2.72. The highest BCUT2D eigenvalue weighted by atomic mass is 35.5. The molecule has 0 heterocycles. The van der Waals surface area contributed by atoms with E-state index in [1.165, 1.54) is 5.56 Å². The third kappa shape index (κ3) is 5.44. The van der Waals surface area contributed by atoms with Gasteiger partial charge in [0.1, 0.15) is 0 Å². The van der Waals surface area contributed by atoms with Gasteiger partial charge in [-0.1, -0.05) is 44.5 Å². The molecule has 0 N–H and O–H groups in total. The molecule has 0 saturated carbocycles. The van der Waals surface area contributed by atoms with Gasteiger partial charge in [0.25, 0.3) is 0 Å². The lowest BCUT2D eigenvalue weighted by Gasteiger charge is -2.21. The highest BCUT2D eigenvalue weighted by Crippen LogP contribution is 2.26. The van der Waals surface area contributed by atoms with E-state index in [1.54, 1.807) is 0 Å². The van der Waals surface area contributed by atoms with Gasteiger partial charge in [-0.2, -0.15) is 0 Å². The highest BCUT2D eigenvalue weighted by Gasteiger charge is 2.17. The third-order valence-electron chi connectivity index (χ3n) is 2.18. The van der Waals surface area contributed by atoms with Crippen LogP contribution < -0.4 is 0 Å². The van der Waals surface area contributed by atoms with Gasteiger partial charge in [0, 0.05) is 10.4 Å². The summed E-state index contributed by atoms with van der Waals surface area (Å²) in [6, 6.07) is 7.92. The van der Waals surface area contributed by atoms with Crippen LogP contribution in [-0.2, 0) is 6.42 Å². The number of halogens is 2. The van der Waals surface area contributed by atoms with E-state index >= 15 is 0 Å². The molecular formula is C13H18Cl2. The van der Waals surface area contributed by atoms with Crippen LogP contribution >= 0.6 is 23.2 Å². The molecule has 1 unspecified atom stereocenters. The second kappa shape index (κ2) is 5.23. The van der Waals surface area contributed by atoms with Crippen molar-refractivity contribution in [2.75, 3.05) is 0 Å². The second-order valence-electron chi connectivity index (χ2n) is 5.20. The van der Waals surface area contributed by atoms with Crippen LogP contribution in [0.1, 0.15) is 32.8 Å². The fourth-order valence-corrected chi connectivity index (χ4v) is 2.51. The molecule has 0 amide bonds. The van der Waals surface area contributed by atoms with Gasteiger partial charge in [-0.15, -0.1) is 11.6 Å². The minimum atomic E-state index is 0.184. The Balaban J connectivity index is 2.55. The van der Waals surface area contributed by atoms with Crippen molar-refractivity contribution in [1.82, 2.24) is 0 Å². The maximum Gasteiger partial charge on any atom is 0.0408 e. The molecule has 2 heteroatoms. The first-order valence-corrected chi connectivity index (χ1v) is 6.07. The van der Waals surface area contributed by atoms with Crippen molar-refractivity contribution in [2.24, 2.45) is 5.41 Å². The van der Waals surface area contributed by atoms with Gasteiger partial charge in [0.2, 0.25) is 0 Å². The first-order valence-electron chi connectivity index (χ1n) is 5.25. The first-order chi connectivity index (χ1) is 6.87. The van der Waals surface area contributed by atoms with E-state index in [0.29, 0.717) is 0 Å². The quantitative estimate of drug-likeness (QED) is 0.662. The zero-order chi connectivity index (χ0) is 11.5. The summed E-state index contributed by atoms with van der Waals surface area (Å²) in [5.41, 5.74) is 1.50. The van der Waals surface area contributed by atoms with E-state index < -0.39 is 0 Å². The second-order valence-corrected chi connectivity index (χ2v) is 6.25. The molecule has 0 saturated heterocycles. The average molecular weight is 245 g/mol. The highest BCUT2D eigenvalue weighted by molar-refractivity contribution is 6.30. The average Bonchev–Trinajstić information content (AvgIpc) is 1.99. The molecule has 0 aliphatic heterocycles. The molecule has 0 aliphatic carbocycles. The summed E-state index contributed by atoms with van der Waals surface area (Å²) in [6.07, 6.45) is 1.90. The Bertz CT molecular complexity index is 313. The van der Waals surface area contributed by atoms with E-state index in [9.17, 15) is 0 Å². The minimum Gasteiger partial charge on any atom is -0.123 e. The van der Waals surface area contributed by atoms with Gasteiger partial charge in [-0.3, -0.25) is 0 Å². The Morgan fingerprint density at radius 1 is 1.27 bits per heavy atom. The van der Waals surface area contributed by atoms with Gasteiger partial charge in [0.05, 0.1) is 0 Å². The normalized spacial score (nSPS) is 13.9. The van der Waals surface area contributed by atoms with Crippen LogP contribution in [0.4, 0.5) is 0 Å². The lowest BCUT2D eigenvalue weighted by atomic mass is 9.88. The van der Waals surface area contributed by atoms with Gasteiger partial charge >= 0.3 is 0 Å². The first kappa shape index (κ1) is 12.9. The predicted molar refractivity (Wildman–Crippen MR) is 68.9 cm³/mol. The Morgan fingerprint density at radius 3 is 2.47 bits per heavy atom. The summed E-state index contributed by atoms with van der Waals surface area (Å²) in [7, 11) is 0. The van der Waals surface area contributed by atoms with E-state index in [0.717, 1.165) is 17.9 Å². The fourth-order valence-electron chi connectivity index (χ4n) is 1.66. The zero-order valence-electron chi connectivity index (χ0n) is 9.56. The van der Waals surface area contributed by atoms with Crippen LogP contribution in [0, 0.1) is 5.41 Å². The SMILES string of the molecule is CC(C)(C)CC(Cl)Cc1cccc(Cl)c1. The largest absolute Gasteiger partial charge is 0.123 e. The molecule has 0 spiro atoms. The molecule has 1 rings (SSSR count). The Morgan fingerprint density at radius 2 is 1.93 bits per heavy atom. The van der Waals surface area contributed by atoms with Crippen molar-refractivity contribution in [3.63, 3.8) is 0 Å². The molecule has 0 radical (unpaired) electrons. The molecule has 1 atom stereocenters. The van der Waals surface area contributed by atoms with Crippen molar-refractivity contribution < 1.29 is 0 Å². The zero-order valence-corrected chi connectivity index (χ0v) is 11.1. The van der Waals surface area contributed by atoms with E-state index in [-0.39, 0.29) is 10.8 Å². The van der Waals surface area contributed by atoms with Crippen molar-refractivity contribution in [1.29, 1.82) is 0 Å². The maximum absolute atomic E-state index is 6.31. The van der Waals surface area contributed by atoms with Crippen LogP contribution in [0.2, 0.25) is 5.02 Å². The predicted octanol–water partition coefficient (Wildman–Crippen LogP) is 4.93. The van der Waals surface area contributed by atoms with E-state index in [2.05, 4.69) is 26.8 Å². The van der Waals surface area contributed by atoms with Crippen LogP contribution in [0.3, 0.4) is 0 Å². The Hall–Kier alpha value is -0.200. The summed E-state index contributed by atoms with van der Waals surface area (Å²) in [5.74, 6) is 0. The Labute approximate surface area is 103 Å². The van der Waals surface area contributed by atoms with Crippen LogP contribution in [0.5, 0.6) is 0 Å². The number of benzene rings is 1. The fraction of sp³-hybridized carbons (Fsp3) is 0.538. The lowest BCUT2D eigenvalue weighted by molar-refractivity contribution is 0.369. The monoisotopic (exact) mass is 244 g/mol. The summed E-state index contributed by atoms with van der Waals surface area (Å²) < 4.78 is 0. The van der Waals surface area contributed by atoms with Crippen molar-refractivity contribution in [3.05, 3.63) is 34.9 Å². The summed E-state index contributed by atoms with van der Waals surface area (Å²) in [6.45, 7) is 6.63. The molecule has 1 aromatic carbocycles. The van der Waals surface area contributed by atoms with Crippen molar-refractivity contribution in [2.45, 2.75) is 39.0 Å². The number of rotatable bonds is 3. The molecule has 15 heavy (non-hydrogen) atoms. The summed E-state index contributed by atoms with van der Waals surface area (Å²) >= 11 is 12.2. The molecule has 84 valence electrons. The minimum absolute atomic E-state index is 0.184. The van der Waals surface area contributed by atoms with Gasteiger partial charge in [-0.05, 0) is 36.0 Å². The molecule has 0 bridgehead atoms. The van der Waals surface area contributed by atoms with Crippen LogP contribution in [-0.4, -0.2) is 5.38 Å². The molecule has 0 aliphatic rings. The maximum atomic E-state index is 6.31. The molecular weight excluding hydrogens is 227 g/mol. The number of hydrogen-bond donors (Lipinski definition) is 0. The number of alkyl halides is 1. The van der Waals surface area contributed by atoms with Gasteiger partial charge in [-0.25, -0.2) is 0 Å². The van der Waals surface area contributed by atoms with E-state index in [1.807, 2.05) is 18.2 Å².